The van der Waals surface area contributed by atoms with E-state index in [0.29, 0.717) is 12.9 Å². The lowest BCUT2D eigenvalue weighted by Crippen LogP contribution is -1.97. The number of hydrogen-bond acceptors (Lipinski definition) is 4. The molecular weight excluding hydrogens is 252 g/mol. The topological polar surface area (TPSA) is 66.8 Å². The Hall–Kier alpha value is -1.23. The van der Waals surface area contributed by atoms with Crippen molar-refractivity contribution in [3.05, 3.63) is 16.1 Å². The summed E-state index contributed by atoms with van der Waals surface area (Å²) >= 11 is 3.06. The van der Waals surface area contributed by atoms with E-state index in [2.05, 4.69) is 15.9 Å². The van der Waals surface area contributed by atoms with Gasteiger partial charge in [0, 0.05) is 6.07 Å². The number of carbonyl (C=O) groups excluding carboxylic acids is 1. The van der Waals surface area contributed by atoms with Gasteiger partial charge in [-0.05, 0) is 22.9 Å². The smallest absolute Gasteiger partial charge is 0.157 e. The van der Waals surface area contributed by atoms with Gasteiger partial charge in [0.05, 0.1) is 12.2 Å². The molecule has 5 heteroatoms. The van der Waals surface area contributed by atoms with E-state index in [1.54, 1.807) is 6.92 Å². The summed E-state index contributed by atoms with van der Waals surface area (Å²) in [7, 11) is 0. The van der Waals surface area contributed by atoms with E-state index in [4.69, 9.17) is 4.74 Å². The largest absolute Gasteiger partial charge is 0.507 e. The summed E-state index contributed by atoms with van der Waals surface area (Å²) in [5.74, 6) is -0.319. The molecule has 76 valence electrons. The van der Waals surface area contributed by atoms with E-state index in [9.17, 15) is 15.0 Å². The number of aromatic hydroxyl groups is 2. The van der Waals surface area contributed by atoms with Crippen molar-refractivity contribution in [2.45, 2.75) is 6.92 Å². The molecule has 0 atom stereocenters. The van der Waals surface area contributed by atoms with Crippen LogP contribution >= 0.6 is 15.9 Å². The molecule has 0 aliphatic rings. The molecule has 2 N–H and O–H groups in total. The highest BCUT2D eigenvalue weighted by Crippen LogP contribution is 2.40. The third-order valence-electron chi connectivity index (χ3n) is 1.62. The lowest BCUT2D eigenvalue weighted by atomic mass is 10.2. The van der Waals surface area contributed by atoms with Crippen molar-refractivity contribution in [1.82, 2.24) is 0 Å². The normalized spacial score (nSPS) is 9.86. The van der Waals surface area contributed by atoms with E-state index in [1.807, 2.05) is 0 Å². The second-order valence-corrected chi connectivity index (χ2v) is 3.32. The van der Waals surface area contributed by atoms with Crippen LogP contribution in [0.3, 0.4) is 0 Å². The molecule has 0 aliphatic heterocycles. The van der Waals surface area contributed by atoms with Crippen LogP contribution in [0, 0.1) is 0 Å². The molecule has 0 saturated carbocycles. The molecule has 0 bridgehead atoms. The summed E-state index contributed by atoms with van der Waals surface area (Å²) in [5, 5.41) is 18.7. The zero-order valence-electron chi connectivity index (χ0n) is 7.45. The Morgan fingerprint density at radius 2 is 2.14 bits per heavy atom. The maximum absolute atomic E-state index is 10.6. The van der Waals surface area contributed by atoms with Crippen LogP contribution in [-0.4, -0.2) is 23.1 Å². The average Bonchev–Trinajstić information content (AvgIpc) is 2.14. The molecule has 0 saturated heterocycles. The molecule has 0 aliphatic carbocycles. The Balaban J connectivity index is 3.39. The monoisotopic (exact) mass is 260 g/mol. The highest BCUT2D eigenvalue weighted by Gasteiger charge is 2.16. The second kappa shape index (κ2) is 4.32. The minimum absolute atomic E-state index is 0.0246. The fourth-order valence-corrected chi connectivity index (χ4v) is 1.46. The van der Waals surface area contributed by atoms with Crippen LogP contribution < -0.4 is 4.74 Å². The van der Waals surface area contributed by atoms with Gasteiger partial charge < -0.3 is 14.9 Å². The Labute approximate surface area is 89.3 Å². The van der Waals surface area contributed by atoms with Crippen molar-refractivity contribution >= 4 is 22.2 Å². The first-order chi connectivity index (χ1) is 6.61. The summed E-state index contributed by atoms with van der Waals surface area (Å²) in [6.07, 6.45) is 0.477. The van der Waals surface area contributed by atoms with Crippen molar-refractivity contribution in [3.63, 3.8) is 0 Å². The fourth-order valence-electron chi connectivity index (χ4n) is 1.02. The summed E-state index contributed by atoms with van der Waals surface area (Å²) in [6, 6.07) is 1.08. The van der Waals surface area contributed by atoms with Gasteiger partial charge in [-0.2, -0.15) is 0 Å². The number of phenolic OH excluding ortho intramolecular Hbond substituents is 2. The summed E-state index contributed by atoms with van der Waals surface area (Å²) < 4.78 is 5.39. The maximum atomic E-state index is 10.6. The van der Waals surface area contributed by atoms with Crippen LogP contribution in [0.2, 0.25) is 0 Å². The van der Waals surface area contributed by atoms with Gasteiger partial charge in [0.1, 0.15) is 16.0 Å². The molecule has 1 aromatic rings. The minimum Gasteiger partial charge on any atom is -0.507 e. The quantitative estimate of drug-likeness (QED) is 0.817. The second-order valence-electron chi connectivity index (χ2n) is 2.52. The average molecular weight is 261 g/mol. The van der Waals surface area contributed by atoms with Crippen LogP contribution in [0.1, 0.15) is 17.3 Å². The van der Waals surface area contributed by atoms with Crippen LogP contribution in [0.25, 0.3) is 0 Å². The van der Waals surface area contributed by atoms with Gasteiger partial charge in [0.2, 0.25) is 0 Å². The summed E-state index contributed by atoms with van der Waals surface area (Å²) in [6.45, 7) is 2.07. The molecule has 14 heavy (non-hydrogen) atoms. The van der Waals surface area contributed by atoms with Crippen molar-refractivity contribution in [3.8, 4) is 17.2 Å². The standard InChI is InChI=1S/C9H9BrO4/c1-2-14-9-5(4-11)6(12)3-7(13)8(9)10/h3-4,12-13H,2H2,1H3. The van der Waals surface area contributed by atoms with Crippen molar-refractivity contribution in [2.75, 3.05) is 6.61 Å². The predicted octanol–water partition coefficient (Wildman–Crippen LogP) is 2.07. The third kappa shape index (κ3) is 1.82. The van der Waals surface area contributed by atoms with Crippen LogP contribution in [0.15, 0.2) is 10.5 Å². The number of carbonyl (C=O) groups is 1. The highest BCUT2D eigenvalue weighted by atomic mass is 79.9. The lowest BCUT2D eigenvalue weighted by molar-refractivity contribution is 0.111. The molecule has 0 amide bonds. The first-order valence-electron chi connectivity index (χ1n) is 3.94. The third-order valence-corrected chi connectivity index (χ3v) is 2.39. The molecule has 1 rings (SSSR count). The molecular formula is C9H9BrO4. The van der Waals surface area contributed by atoms with Crippen molar-refractivity contribution in [2.24, 2.45) is 0 Å². The predicted molar refractivity (Wildman–Crippen MR) is 54.0 cm³/mol. The Morgan fingerprint density at radius 1 is 1.50 bits per heavy atom. The van der Waals surface area contributed by atoms with E-state index >= 15 is 0 Å². The number of rotatable bonds is 3. The summed E-state index contributed by atoms with van der Waals surface area (Å²) in [4.78, 5) is 10.6. The van der Waals surface area contributed by atoms with Crippen LogP contribution in [-0.2, 0) is 0 Å². The van der Waals surface area contributed by atoms with Gasteiger partial charge in [-0.1, -0.05) is 0 Å². The van der Waals surface area contributed by atoms with E-state index < -0.39 is 0 Å². The Kier molecular flexibility index (Phi) is 3.35. The molecule has 0 fully saturated rings. The Bertz CT molecular complexity index is 362. The molecule has 0 unspecified atom stereocenters. The Morgan fingerprint density at radius 3 is 2.64 bits per heavy atom. The number of ether oxygens (including phenoxy) is 1. The zero-order valence-corrected chi connectivity index (χ0v) is 9.04. The van der Waals surface area contributed by atoms with Gasteiger partial charge in [0.15, 0.2) is 12.0 Å². The number of halogens is 1. The number of phenols is 2. The molecule has 0 spiro atoms. The maximum Gasteiger partial charge on any atom is 0.157 e. The zero-order chi connectivity index (χ0) is 10.7. The first-order valence-corrected chi connectivity index (χ1v) is 4.73. The van der Waals surface area contributed by atoms with E-state index in [-0.39, 0.29) is 27.3 Å². The molecule has 4 nitrogen and oxygen atoms in total. The number of benzene rings is 1. The first kappa shape index (κ1) is 10.8. The van der Waals surface area contributed by atoms with Crippen molar-refractivity contribution < 1.29 is 19.7 Å². The van der Waals surface area contributed by atoms with Gasteiger partial charge in [0.25, 0.3) is 0 Å². The van der Waals surface area contributed by atoms with Crippen LogP contribution in [0.5, 0.6) is 17.2 Å². The highest BCUT2D eigenvalue weighted by molar-refractivity contribution is 9.10. The molecule has 1 aromatic carbocycles. The van der Waals surface area contributed by atoms with Gasteiger partial charge in [-0.15, -0.1) is 0 Å². The van der Waals surface area contributed by atoms with Gasteiger partial charge >= 0.3 is 0 Å². The van der Waals surface area contributed by atoms with Gasteiger partial charge in [-0.3, -0.25) is 4.79 Å². The number of hydrogen-bond donors (Lipinski definition) is 2. The fraction of sp³-hybridized carbons (Fsp3) is 0.222. The van der Waals surface area contributed by atoms with E-state index in [0.717, 1.165) is 6.07 Å². The number of aldehydes is 1. The SMILES string of the molecule is CCOc1c(Br)c(O)cc(O)c1C=O. The van der Waals surface area contributed by atoms with Gasteiger partial charge in [-0.25, -0.2) is 0 Å². The van der Waals surface area contributed by atoms with E-state index in [1.165, 1.54) is 0 Å². The van der Waals surface area contributed by atoms with Crippen molar-refractivity contribution in [1.29, 1.82) is 0 Å². The van der Waals surface area contributed by atoms with Crippen LogP contribution in [0.4, 0.5) is 0 Å². The molecule has 0 radical (unpaired) electrons. The molecule has 0 heterocycles. The minimum atomic E-state index is -0.302. The summed E-state index contributed by atoms with van der Waals surface area (Å²) in [5.41, 5.74) is 0.0246. The lowest BCUT2D eigenvalue weighted by Gasteiger charge is -2.10. The molecule has 0 aromatic heterocycles.